The number of carbonyl (C=O) groups excluding carboxylic acids is 1. The predicted octanol–water partition coefficient (Wildman–Crippen LogP) is 4.62. The van der Waals surface area contributed by atoms with Gasteiger partial charge in [0.15, 0.2) is 5.82 Å². The van der Waals surface area contributed by atoms with Crippen molar-refractivity contribution >= 4 is 45.9 Å². The third-order valence-corrected chi connectivity index (χ3v) is 6.62. The van der Waals surface area contributed by atoms with Crippen LogP contribution in [0.5, 0.6) is 5.75 Å². The van der Waals surface area contributed by atoms with Gasteiger partial charge in [-0.05, 0) is 55.0 Å². The number of carbonyl (C=O) groups is 1. The van der Waals surface area contributed by atoms with E-state index in [1.54, 1.807) is 23.2 Å². The molecule has 0 unspecified atom stereocenters. The summed E-state index contributed by atoms with van der Waals surface area (Å²) in [6, 6.07) is 15.1. The van der Waals surface area contributed by atoms with E-state index < -0.39 is 0 Å². The van der Waals surface area contributed by atoms with Gasteiger partial charge in [-0.1, -0.05) is 24.2 Å². The highest BCUT2D eigenvalue weighted by Crippen LogP contribution is 2.31. The number of benzene rings is 1. The number of amides is 1. The number of rotatable bonds is 8. The van der Waals surface area contributed by atoms with E-state index in [4.69, 9.17) is 21.3 Å². The van der Waals surface area contributed by atoms with E-state index in [9.17, 15) is 4.79 Å². The van der Waals surface area contributed by atoms with Gasteiger partial charge in [0.2, 0.25) is 5.91 Å². The first-order valence-electron chi connectivity index (χ1n) is 11.9. The lowest BCUT2D eigenvalue weighted by atomic mass is 10.2. The standard InChI is InChI=1S/C27H26ClN7O2/c1-3-25(36)35-13-11-20(15-35)34(2)24-10-8-22-26(33-24)27(31-17-30-22)32-18-7-9-23(21(28)14-18)37-16-19-6-4-5-12-29-19/h3-10,12,14,17,20H,1,11,13,15-16H2,2H3,(H,30,31,32)/t20-/m0/s1. The summed E-state index contributed by atoms with van der Waals surface area (Å²) >= 11 is 6.49. The van der Waals surface area contributed by atoms with Gasteiger partial charge >= 0.3 is 0 Å². The number of hydrogen-bond acceptors (Lipinski definition) is 8. The Morgan fingerprint density at radius 2 is 2.14 bits per heavy atom. The molecule has 0 radical (unpaired) electrons. The van der Waals surface area contributed by atoms with Gasteiger partial charge in [0.05, 0.1) is 16.2 Å². The van der Waals surface area contributed by atoms with Gasteiger partial charge in [-0.2, -0.15) is 0 Å². The van der Waals surface area contributed by atoms with Crippen molar-refractivity contribution in [3.8, 4) is 5.75 Å². The van der Waals surface area contributed by atoms with Crippen molar-refractivity contribution in [3.05, 3.63) is 84.4 Å². The molecule has 1 aliphatic rings. The molecule has 0 spiro atoms. The summed E-state index contributed by atoms with van der Waals surface area (Å²) in [5, 5.41) is 3.77. The van der Waals surface area contributed by atoms with E-state index in [1.807, 2.05) is 43.4 Å². The molecular weight excluding hydrogens is 490 g/mol. The van der Waals surface area contributed by atoms with Gasteiger partial charge < -0.3 is 19.9 Å². The summed E-state index contributed by atoms with van der Waals surface area (Å²) in [5.74, 6) is 1.86. The number of nitrogens with one attached hydrogen (secondary N) is 1. The van der Waals surface area contributed by atoms with E-state index in [1.165, 1.54) is 12.4 Å². The van der Waals surface area contributed by atoms with E-state index in [0.717, 1.165) is 23.6 Å². The minimum absolute atomic E-state index is 0.0472. The molecule has 0 bridgehead atoms. The van der Waals surface area contributed by atoms with Crippen LogP contribution in [0.1, 0.15) is 12.1 Å². The van der Waals surface area contributed by atoms with Crippen LogP contribution in [0.2, 0.25) is 5.02 Å². The second-order valence-electron chi connectivity index (χ2n) is 8.68. The van der Waals surface area contributed by atoms with Crippen molar-refractivity contribution in [3.63, 3.8) is 0 Å². The quantitative estimate of drug-likeness (QED) is 0.340. The van der Waals surface area contributed by atoms with Crippen molar-refractivity contribution < 1.29 is 9.53 Å². The number of nitrogens with zero attached hydrogens (tertiary/aromatic N) is 6. The van der Waals surface area contributed by atoms with Crippen LogP contribution >= 0.6 is 11.6 Å². The van der Waals surface area contributed by atoms with Gasteiger partial charge in [-0.3, -0.25) is 9.78 Å². The van der Waals surface area contributed by atoms with Crippen molar-refractivity contribution in [2.45, 2.75) is 19.1 Å². The van der Waals surface area contributed by atoms with Crippen molar-refractivity contribution in [2.24, 2.45) is 0 Å². The number of anilines is 3. The normalized spacial score (nSPS) is 15.0. The third-order valence-electron chi connectivity index (χ3n) is 6.32. The number of hydrogen-bond donors (Lipinski definition) is 1. The molecule has 10 heteroatoms. The molecule has 3 aromatic heterocycles. The third kappa shape index (κ3) is 5.46. The summed E-state index contributed by atoms with van der Waals surface area (Å²) in [7, 11) is 1.99. The summed E-state index contributed by atoms with van der Waals surface area (Å²) in [4.78, 5) is 33.8. The summed E-state index contributed by atoms with van der Waals surface area (Å²) in [5.41, 5.74) is 2.91. The Morgan fingerprint density at radius 1 is 1.24 bits per heavy atom. The monoisotopic (exact) mass is 515 g/mol. The van der Waals surface area contributed by atoms with Crippen LogP contribution in [0, 0.1) is 0 Å². The molecular formula is C27H26ClN7O2. The Labute approximate surface area is 219 Å². The Kier molecular flexibility index (Phi) is 7.14. The predicted molar refractivity (Wildman–Crippen MR) is 144 cm³/mol. The molecule has 1 aromatic carbocycles. The number of ether oxygens (including phenoxy) is 1. The minimum atomic E-state index is -0.0472. The number of pyridine rings is 2. The Hall–Kier alpha value is -4.24. The molecule has 5 rings (SSSR count). The molecule has 1 atom stereocenters. The number of fused-ring (bicyclic) bond motifs is 1. The largest absolute Gasteiger partial charge is 0.486 e. The SMILES string of the molecule is C=CC(=O)N1CC[C@H](N(C)c2ccc3ncnc(Nc4ccc(OCc5ccccn5)c(Cl)c4)c3n2)C1. The fraction of sp³-hybridized carbons (Fsp3) is 0.222. The first-order valence-corrected chi connectivity index (χ1v) is 12.2. The van der Waals surface area contributed by atoms with E-state index in [2.05, 4.69) is 31.7 Å². The van der Waals surface area contributed by atoms with E-state index in [0.29, 0.717) is 47.3 Å². The topological polar surface area (TPSA) is 96.4 Å². The molecule has 0 saturated carbocycles. The van der Waals surface area contributed by atoms with E-state index >= 15 is 0 Å². The molecule has 188 valence electrons. The highest BCUT2D eigenvalue weighted by atomic mass is 35.5. The lowest BCUT2D eigenvalue weighted by Gasteiger charge is -2.26. The fourth-order valence-electron chi connectivity index (χ4n) is 4.26. The molecule has 1 aliphatic heterocycles. The molecule has 9 nitrogen and oxygen atoms in total. The van der Waals surface area contributed by atoms with Gasteiger partial charge in [0.1, 0.15) is 30.0 Å². The maximum Gasteiger partial charge on any atom is 0.246 e. The summed E-state index contributed by atoms with van der Waals surface area (Å²) in [6.45, 7) is 5.24. The van der Waals surface area contributed by atoms with Gasteiger partial charge in [-0.25, -0.2) is 15.0 Å². The average molecular weight is 516 g/mol. The van der Waals surface area contributed by atoms with Crippen LogP contribution in [0.25, 0.3) is 11.0 Å². The molecule has 1 amide bonds. The zero-order valence-corrected chi connectivity index (χ0v) is 21.1. The Bertz CT molecular complexity index is 1430. The van der Waals surface area contributed by atoms with Gasteiger partial charge in [-0.15, -0.1) is 0 Å². The van der Waals surface area contributed by atoms with Crippen LogP contribution in [-0.2, 0) is 11.4 Å². The smallest absolute Gasteiger partial charge is 0.246 e. The van der Waals surface area contributed by atoms with Crippen LogP contribution < -0.4 is 15.0 Å². The first-order chi connectivity index (χ1) is 18.0. The lowest BCUT2D eigenvalue weighted by Crippen LogP contribution is -2.36. The molecule has 0 aliphatic carbocycles. The van der Waals surface area contributed by atoms with E-state index in [-0.39, 0.29) is 11.9 Å². The number of aromatic nitrogens is 4. The molecule has 1 N–H and O–H groups in total. The number of likely N-dealkylation sites (tertiary alicyclic amines) is 1. The molecule has 1 fully saturated rings. The molecule has 1 saturated heterocycles. The van der Waals surface area contributed by atoms with Crippen molar-refractivity contribution in [2.75, 3.05) is 30.4 Å². The van der Waals surface area contributed by atoms with Crippen LogP contribution in [-0.4, -0.2) is 56.9 Å². The van der Waals surface area contributed by atoms with Crippen LogP contribution in [0.4, 0.5) is 17.3 Å². The molecule has 37 heavy (non-hydrogen) atoms. The molecule has 4 aromatic rings. The zero-order valence-electron chi connectivity index (χ0n) is 20.3. The Morgan fingerprint density at radius 3 is 2.92 bits per heavy atom. The second-order valence-corrected chi connectivity index (χ2v) is 9.09. The van der Waals surface area contributed by atoms with Crippen molar-refractivity contribution in [1.82, 2.24) is 24.8 Å². The lowest BCUT2D eigenvalue weighted by molar-refractivity contribution is -0.125. The highest BCUT2D eigenvalue weighted by Gasteiger charge is 2.28. The molecule has 4 heterocycles. The average Bonchev–Trinajstić information content (AvgIpc) is 3.43. The maximum absolute atomic E-state index is 12.0. The fourth-order valence-corrected chi connectivity index (χ4v) is 4.49. The van der Waals surface area contributed by atoms with Crippen LogP contribution in [0.3, 0.4) is 0 Å². The van der Waals surface area contributed by atoms with Crippen LogP contribution in [0.15, 0.2) is 73.7 Å². The van der Waals surface area contributed by atoms with Gasteiger partial charge in [0.25, 0.3) is 0 Å². The Balaban J connectivity index is 1.33. The number of halogens is 1. The number of likely N-dealkylation sites (N-methyl/N-ethyl adjacent to an activating group) is 1. The second kappa shape index (κ2) is 10.8. The van der Waals surface area contributed by atoms with Crippen molar-refractivity contribution in [1.29, 1.82) is 0 Å². The first kappa shape index (κ1) is 24.5. The summed E-state index contributed by atoms with van der Waals surface area (Å²) < 4.78 is 5.82. The zero-order chi connectivity index (χ0) is 25.8. The van der Waals surface area contributed by atoms with Gasteiger partial charge in [0, 0.05) is 38.1 Å². The maximum atomic E-state index is 12.0. The highest BCUT2D eigenvalue weighted by molar-refractivity contribution is 6.32. The summed E-state index contributed by atoms with van der Waals surface area (Å²) in [6.07, 6.45) is 5.44. The minimum Gasteiger partial charge on any atom is -0.486 e.